The molecular formula is C26H25N7O3. The molecule has 1 unspecified atom stereocenters. The van der Waals surface area contributed by atoms with Crippen molar-refractivity contribution in [2.24, 2.45) is 0 Å². The first-order valence-corrected chi connectivity index (χ1v) is 12.0. The maximum absolute atomic E-state index is 11.7. The molecule has 5 heterocycles. The summed E-state index contributed by atoms with van der Waals surface area (Å²) in [4.78, 5) is 20.8. The second-order valence-corrected chi connectivity index (χ2v) is 8.94. The lowest BCUT2D eigenvalue weighted by Crippen LogP contribution is -2.16. The number of hydrogen-bond donors (Lipinski definition) is 3. The van der Waals surface area contributed by atoms with Crippen molar-refractivity contribution in [1.82, 2.24) is 29.9 Å². The molecule has 182 valence electrons. The number of nitrogens with zero attached hydrogens (tertiary/aromatic N) is 5. The van der Waals surface area contributed by atoms with Crippen molar-refractivity contribution in [3.63, 3.8) is 0 Å². The number of fused-ring (bicyclic) bond motifs is 3. The Morgan fingerprint density at radius 3 is 3.00 bits per heavy atom. The van der Waals surface area contributed by atoms with E-state index in [2.05, 4.69) is 37.7 Å². The van der Waals surface area contributed by atoms with Crippen LogP contribution in [0.25, 0.3) is 21.9 Å². The zero-order valence-electron chi connectivity index (χ0n) is 19.5. The molecule has 6 rings (SSSR count). The van der Waals surface area contributed by atoms with Crippen molar-refractivity contribution in [1.29, 1.82) is 0 Å². The Kier molecular flexibility index (Phi) is 5.68. The van der Waals surface area contributed by atoms with Gasteiger partial charge in [0.05, 0.1) is 37.0 Å². The molecule has 0 saturated carbocycles. The summed E-state index contributed by atoms with van der Waals surface area (Å²) in [6, 6.07) is 11.3. The minimum atomic E-state index is -0.915. The molecule has 10 heteroatoms. The molecule has 5 aromatic rings. The predicted octanol–water partition coefficient (Wildman–Crippen LogP) is 3.75. The topological polar surface area (TPSA) is 131 Å². The molecule has 3 N–H and O–H groups in total. The second-order valence-electron chi connectivity index (χ2n) is 8.94. The van der Waals surface area contributed by atoms with E-state index in [1.54, 1.807) is 23.3 Å². The van der Waals surface area contributed by atoms with Crippen molar-refractivity contribution in [2.45, 2.75) is 31.7 Å². The number of carbonyl (C=O) groups is 1. The zero-order chi connectivity index (χ0) is 24.5. The third-order valence-electron chi connectivity index (χ3n) is 6.51. The minimum absolute atomic E-state index is 0.122. The van der Waals surface area contributed by atoms with E-state index in [1.807, 2.05) is 24.3 Å². The van der Waals surface area contributed by atoms with Gasteiger partial charge in [-0.2, -0.15) is 10.2 Å². The summed E-state index contributed by atoms with van der Waals surface area (Å²) in [5.41, 5.74) is 4.50. The Labute approximate surface area is 206 Å². The lowest BCUT2D eigenvalue weighted by atomic mass is 10.0. The van der Waals surface area contributed by atoms with Gasteiger partial charge in [-0.25, -0.2) is 9.97 Å². The maximum Gasteiger partial charge on any atom is 0.305 e. The average molecular weight is 484 g/mol. The summed E-state index contributed by atoms with van der Waals surface area (Å²) in [5.74, 6) is 0.807. The van der Waals surface area contributed by atoms with Crippen LogP contribution in [0.15, 0.2) is 55.0 Å². The van der Waals surface area contributed by atoms with E-state index in [4.69, 9.17) is 9.72 Å². The first-order chi connectivity index (χ1) is 17.6. The van der Waals surface area contributed by atoms with Crippen LogP contribution in [0.3, 0.4) is 0 Å². The Hall–Kier alpha value is -4.47. The van der Waals surface area contributed by atoms with Gasteiger partial charge in [-0.1, -0.05) is 6.07 Å². The Morgan fingerprint density at radius 2 is 2.08 bits per heavy atom. The molecule has 1 aliphatic heterocycles. The molecule has 1 atom stereocenters. The van der Waals surface area contributed by atoms with Gasteiger partial charge < -0.3 is 15.2 Å². The molecule has 0 bridgehead atoms. The summed E-state index contributed by atoms with van der Waals surface area (Å²) in [5, 5.41) is 26.0. The van der Waals surface area contributed by atoms with Gasteiger partial charge in [-0.3, -0.25) is 14.6 Å². The smallest absolute Gasteiger partial charge is 0.305 e. The average Bonchev–Trinajstić information content (AvgIpc) is 3.53. The van der Waals surface area contributed by atoms with Crippen LogP contribution < -0.4 is 10.1 Å². The fraction of sp³-hybridized carbons (Fsp3) is 0.269. The van der Waals surface area contributed by atoms with Crippen molar-refractivity contribution >= 4 is 33.7 Å². The van der Waals surface area contributed by atoms with Crippen LogP contribution in [0.5, 0.6) is 5.75 Å². The van der Waals surface area contributed by atoms with E-state index in [9.17, 15) is 9.90 Å². The maximum atomic E-state index is 11.7. The minimum Gasteiger partial charge on any atom is -0.493 e. The molecule has 0 saturated heterocycles. The van der Waals surface area contributed by atoms with Gasteiger partial charge in [0, 0.05) is 35.6 Å². The van der Waals surface area contributed by atoms with E-state index < -0.39 is 12.0 Å². The van der Waals surface area contributed by atoms with E-state index in [0.717, 1.165) is 58.5 Å². The summed E-state index contributed by atoms with van der Waals surface area (Å²) >= 11 is 0. The van der Waals surface area contributed by atoms with Gasteiger partial charge in [-0.05, 0) is 54.3 Å². The second kappa shape index (κ2) is 9.29. The number of ether oxygens (including phenoxy) is 1. The van der Waals surface area contributed by atoms with E-state index in [0.29, 0.717) is 18.7 Å². The highest BCUT2D eigenvalue weighted by molar-refractivity contribution is 5.81. The number of carboxylic acid groups (broad SMARTS) is 1. The monoisotopic (exact) mass is 483 g/mol. The van der Waals surface area contributed by atoms with Crippen LogP contribution >= 0.6 is 0 Å². The molecule has 10 nitrogen and oxygen atoms in total. The number of rotatable bonds is 8. The first kappa shape index (κ1) is 22.0. The Bertz CT molecular complexity index is 1560. The van der Waals surface area contributed by atoms with Gasteiger partial charge >= 0.3 is 5.97 Å². The highest BCUT2D eigenvalue weighted by Crippen LogP contribution is 2.29. The van der Waals surface area contributed by atoms with Gasteiger partial charge in [-0.15, -0.1) is 0 Å². The van der Waals surface area contributed by atoms with Crippen LogP contribution in [-0.4, -0.2) is 54.2 Å². The number of hydrogen-bond acceptors (Lipinski definition) is 7. The van der Waals surface area contributed by atoms with Crippen molar-refractivity contribution in [3.8, 4) is 5.75 Å². The van der Waals surface area contributed by atoms with Crippen molar-refractivity contribution in [2.75, 3.05) is 18.5 Å². The SMILES string of the molecule is O=C(O)CC(c1cnc2[nH]ncc2c1)n1ncc2cc(OCCc3ccc4c(n3)NCCC4)ccc21. The van der Waals surface area contributed by atoms with Crippen LogP contribution in [0.1, 0.15) is 35.7 Å². The molecular weight excluding hydrogens is 458 g/mol. The van der Waals surface area contributed by atoms with Gasteiger partial charge in [0.1, 0.15) is 11.6 Å². The first-order valence-electron chi connectivity index (χ1n) is 12.0. The number of aromatic nitrogens is 6. The van der Waals surface area contributed by atoms with E-state index in [1.165, 1.54) is 5.56 Å². The van der Waals surface area contributed by atoms with E-state index >= 15 is 0 Å². The van der Waals surface area contributed by atoms with Crippen molar-refractivity contribution < 1.29 is 14.6 Å². The quantitative estimate of drug-likeness (QED) is 0.304. The molecule has 1 aromatic carbocycles. The van der Waals surface area contributed by atoms with Crippen LogP contribution in [0.2, 0.25) is 0 Å². The summed E-state index contributed by atoms with van der Waals surface area (Å²) < 4.78 is 7.74. The number of aromatic amines is 1. The third-order valence-corrected chi connectivity index (χ3v) is 6.51. The largest absolute Gasteiger partial charge is 0.493 e. The summed E-state index contributed by atoms with van der Waals surface area (Å²) in [6.45, 7) is 1.47. The van der Waals surface area contributed by atoms with Gasteiger partial charge in [0.15, 0.2) is 5.65 Å². The number of pyridine rings is 2. The molecule has 0 fully saturated rings. The summed E-state index contributed by atoms with van der Waals surface area (Å²) in [7, 11) is 0. The number of carboxylic acids is 1. The Balaban J connectivity index is 1.20. The zero-order valence-corrected chi connectivity index (χ0v) is 19.5. The normalized spacial score (nSPS) is 13.9. The molecule has 1 aliphatic rings. The number of aliphatic carboxylic acids is 1. The van der Waals surface area contributed by atoms with Gasteiger partial charge in [0.2, 0.25) is 0 Å². The molecule has 0 aliphatic carbocycles. The molecule has 4 aromatic heterocycles. The third kappa shape index (κ3) is 4.33. The number of H-pyrrole nitrogens is 1. The van der Waals surface area contributed by atoms with Crippen LogP contribution in [0, 0.1) is 0 Å². The summed E-state index contributed by atoms with van der Waals surface area (Å²) in [6.07, 6.45) is 7.87. The Morgan fingerprint density at radius 1 is 1.14 bits per heavy atom. The van der Waals surface area contributed by atoms with Crippen molar-refractivity contribution in [3.05, 3.63) is 71.8 Å². The number of anilines is 1. The standard InChI is InChI=1S/C26H25N7O3/c34-24(35)12-23(17-10-19-14-29-32-26(19)28-13-17)33-22-6-5-21(11-18(22)15-30-33)36-9-7-20-4-3-16-2-1-8-27-25(16)31-20/h3-6,10-11,13-15,23H,1-2,7-9,12H2,(H,27,31)(H,34,35)(H,28,29,32). The number of aryl methyl sites for hydroxylation is 1. The van der Waals surface area contributed by atoms with Crippen LogP contribution in [0.4, 0.5) is 5.82 Å². The lowest BCUT2D eigenvalue weighted by Gasteiger charge is -2.18. The van der Waals surface area contributed by atoms with E-state index in [-0.39, 0.29) is 6.42 Å². The highest BCUT2D eigenvalue weighted by atomic mass is 16.5. The van der Waals surface area contributed by atoms with Gasteiger partial charge in [0.25, 0.3) is 0 Å². The predicted molar refractivity (Wildman–Crippen MR) is 134 cm³/mol. The number of nitrogens with one attached hydrogen (secondary N) is 2. The fourth-order valence-electron chi connectivity index (χ4n) is 4.70. The van der Waals surface area contributed by atoms with Crippen LogP contribution in [-0.2, 0) is 17.6 Å². The molecule has 36 heavy (non-hydrogen) atoms. The highest BCUT2D eigenvalue weighted by Gasteiger charge is 2.22. The number of benzene rings is 1. The molecule has 0 radical (unpaired) electrons. The molecule has 0 spiro atoms. The lowest BCUT2D eigenvalue weighted by molar-refractivity contribution is -0.137. The molecule has 0 amide bonds. The fourth-order valence-corrected chi connectivity index (χ4v) is 4.70.